The Hall–Kier alpha value is -0.570. The van der Waals surface area contributed by atoms with Gasteiger partial charge in [0.1, 0.15) is 0 Å². The van der Waals surface area contributed by atoms with Crippen molar-refractivity contribution in [2.75, 3.05) is 13.1 Å². The van der Waals surface area contributed by atoms with E-state index in [2.05, 4.69) is 17.6 Å². The van der Waals surface area contributed by atoms with Gasteiger partial charge in [-0.3, -0.25) is 4.79 Å². The van der Waals surface area contributed by atoms with E-state index >= 15 is 0 Å². The number of carbonyl (C=O) groups is 1. The van der Waals surface area contributed by atoms with Gasteiger partial charge in [0.25, 0.3) is 0 Å². The average molecular weight is 222 g/mol. The van der Waals surface area contributed by atoms with Gasteiger partial charge in [-0.05, 0) is 49.5 Å². The SMILES string of the molecule is CCNCCC(=O)NC1C2C3CCC(C3)C12. The third-order valence-electron chi connectivity index (χ3n) is 4.84. The number of amides is 1. The second-order valence-electron chi connectivity index (χ2n) is 5.68. The smallest absolute Gasteiger partial charge is 0.221 e. The van der Waals surface area contributed by atoms with Crippen LogP contribution in [0.15, 0.2) is 0 Å². The molecule has 3 fully saturated rings. The summed E-state index contributed by atoms with van der Waals surface area (Å²) >= 11 is 0. The van der Waals surface area contributed by atoms with Crippen LogP contribution in [0.5, 0.6) is 0 Å². The lowest BCUT2D eigenvalue weighted by Crippen LogP contribution is -2.32. The lowest BCUT2D eigenvalue weighted by Gasteiger charge is -2.10. The molecule has 0 radical (unpaired) electrons. The highest BCUT2D eigenvalue weighted by Crippen LogP contribution is 2.65. The molecule has 1 amide bonds. The molecule has 0 saturated heterocycles. The van der Waals surface area contributed by atoms with Crippen molar-refractivity contribution in [1.82, 2.24) is 10.6 Å². The third kappa shape index (κ3) is 1.65. The molecular weight excluding hydrogens is 200 g/mol. The van der Waals surface area contributed by atoms with Crippen molar-refractivity contribution in [3.63, 3.8) is 0 Å². The van der Waals surface area contributed by atoms with Crippen LogP contribution in [0.25, 0.3) is 0 Å². The number of nitrogens with one attached hydrogen (secondary N) is 2. The lowest BCUT2D eigenvalue weighted by molar-refractivity contribution is -0.121. The monoisotopic (exact) mass is 222 g/mol. The molecule has 2 N–H and O–H groups in total. The topological polar surface area (TPSA) is 41.1 Å². The summed E-state index contributed by atoms with van der Waals surface area (Å²) in [5, 5.41) is 6.43. The highest BCUT2D eigenvalue weighted by atomic mass is 16.1. The van der Waals surface area contributed by atoms with Crippen molar-refractivity contribution in [1.29, 1.82) is 0 Å². The largest absolute Gasteiger partial charge is 0.353 e. The van der Waals surface area contributed by atoms with Crippen LogP contribution in [0.4, 0.5) is 0 Å². The molecule has 3 heteroatoms. The molecular formula is C13H22N2O. The van der Waals surface area contributed by atoms with Gasteiger partial charge < -0.3 is 10.6 Å². The van der Waals surface area contributed by atoms with Crippen LogP contribution >= 0.6 is 0 Å². The molecule has 3 aliphatic rings. The zero-order valence-electron chi connectivity index (χ0n) is 10.0. The van der Waals surface area contributed by atoms with E-state index in [4.69, 9.17) is 0 Å². The van der Waals surface area contributed by atoms with Gasteiger partial charge in [-0.25, -0.2) is 0 Å². The number of carbonyl (C=O) groups excluding carboxylic acids is 1. The Labute approximate surface area is 97.4 Å². The molecule has 0 spiro atoms. The Bertz CT molecular complexity index is 276. The summed E-state index contributed by atoms with van der Waals surface area (Å²) in [5.41, 5.74) is 0. The van der Waals surface area contributed by atoms with Gasteiger partial charge in [0, 0.05) is 19.0 Å². The van der Waals surface area contributed by atoms with E-state index in [1.165, 1.54) is 19.3 Å². The average Bonchev–Trinajstić information content (AvgIpc) is 2.70. The lowest BCUT2D eigenvalue weighted by atomic mass is 10.0. The summed E-state index contributed by atoms with van der Waals surface area (Å²) in [4.78, 5) is 11.7. The molecule has 0 aromatic rings. The molecule has 16 heavy (non-hydrogen) atoms. The predicted octanol–water partition coefficient (Wildman–Crippen LogP) is 1.15. The molecule has 3 nitrogen and oxygen atoms in total. The maximum atomic E-state index is 11.7. The van der Waals surface area contributed by atoms with E-state index in [0.29, 0.717) is 12.5 Å². The number of fused-ring (bicyclic) bond motifs is 5. The quantitative estimate of drug-likeness (QED) is 0.685. The van der Waals surface area contributed by atoms with Crippen LogP contribution in [-0.2, 0) is 4.79 Å². The minimum Gasteiger partial charge on any atom is -0.353 e. The zero-order chi connectivity index (χ0) is 11.1. The Balaban J connectivity index is 1.43. The number of hydrogen-bond donors (Lipinski definition) is 2. The van der Waals surface area contributed by atoms with Crippen molar-refractivity contribution >= 4 is 5.91 Å². The van der Waals surface area contributed by atoms with Gasteiger partial charge in [-0.15, -0.1) is 0 Å². The summed E-state index contributed by atoms with van der Waals surface area (Å²) in [6.45, 7) is 3.84. The summed E-state index contributed by atoms with van der Waals surface area (Å²) in [5.74, 6) is 3.88. The molecule has 0 aromatic carbocycles. The Kier molecular flexibility index (Phi) is 2.66. The molecule has 3 rings (SSSR count). The molecule has 4 unspecified atom stereocenters. The Morgan fingerprint density at radius 1 is 1.25 bits per heavy atom. The first kappa shape index (κ1) is 10.6. The van der Waals surface area contributed by atoms with E-state index in [0.717, 1.165) is 36.8 Å². The molecule has 0 aromatic heterocycles. The second-order valence-corrected chi connectivity index (χ2v) is 5.68. The van der Waals surface area contributed by atoms with Crippen molar-refractivity contribution < 1.29 is 4.79 Å². The van der Waals surface area contributed by atoms with E-state index in [1.54, 1.807) is 0 Å². The van der Waals surface area contributed by atoms with Crippen LogP contribution < -0.4 is 10.6 Å². The van der Waals surface area contributed by atoms with E-state index in [1.807, 2.05) is 0 Å². The minimum absolute atomic E-state index is 0.250. The highest BCUT2D eigenvalue weighted by Gasteiger charge is 2.65. The number of hydrogen-bond acceptors (Lipinski definition) is 2. The normalized spacial score (nSPS) is 43.2. The molecule has 0 aliphatic heterocycles. The first-order valence-corrected chi connectivity index (χ1v) is 6.81. The van der Waals surface area contributed by atoms with Crippen molar-refractivity contribution in [2.45, 2.75) is 38.6 Å². The van der Waals surface area contributed by atoms with E-state index in [-0.39, 0.29) is 5.91 Å². The molecule has 0 heterocycles. The van der Waals surface area contributed by atoms with Gasteiger partial charge in [0.15, 0.2) is 0 Å². The predicted molar refractivity (Wildman–Crippen MR) is 62.9 cm³/mol. The van der Waals surface area contributed by atoms with Crippen LogP contribution in [0, 0.1) is 23.7 Å². The fourth-order valence-electron chi connectivity index (χ4n) is 4.16. The minimum atomic E-state index is 0.250. The Morgan fingerprint density at radius 3 is 2.56 bits per heavy atom. The number of rotatable bonds is 5. The highest BCUT2D eigenvalue weighted by molar-refractivity contribution is 5.77. The van der Waals surface area contributed by atoms with Crippen LogP contribution in [-0.4, -0.2) is 25.0 Å². The molecule has 2 bridgehead atoms. The molecule has 4 atom stereocenters. The van der Waals surface area contributed by atoms with Crippen LogP contribution in [0.2, 0.25) is 0 Å². The third-order valence-corrected chi connectivity index (χ3v) is 4.84. The summed E-state index contributed by atoms with van der Waals surface area (Å²) in [6, 6.07) is 0.556. The van der Waals surface area contributed by atoms with Crippen molar-refractivity contribution in [3.05, 3.63) is 0 Å². The zero-order valence-corrected chi connectivity index (χ0v) is 10.0. The van der Waals surface area contributed by atoms with Gasteiger partial charge in [0.05, 0.1) is 0 Å². The maximum Gasteiger partial charge on any atom is 0.221 e. The fourth-order valence-corrected chi connectivity index (χ4v) is 4.16. The summed E-state index contributed by atoms with van der Waals surface area (Å²) in [6.07, 6.45) is 4.95. The van der Waals surface area contributed by atoms with Gasteiger partial charge in [-0.1, -0.05) is 6.92 Å². The standard InChI is InChI=1S/C13H22N2O/c1-2-14-6-5-10(16)15-13-11-8-3-4-9(7-8)12(11)13/h8-9,11-14H,2-7H2,1H3,(H,15,16). The van der Waals surface area contributed by atoms with E-state index in [9.17, 15) is 4.79 Å². The van der Waals surface area contributed by atoms with Crippen LogP contribution in [0.1, 0.15) is 32.6 Å². The van der Waals surface area contributed by atoms with Gasteiger partial charge in [-0.2, -0.15) is 0 Å². The van der Waals surface area contributed by atoms with Gasteiger partial charge >= 0.3 is 0 Å². The summed E-state index contributed by atoms with van der Waals surface area (Å²) in [7, 11) is 0. The second kappa shape index (κ2) is 4.02. The summed E-state index contributed by atoms with van der Waals surface area (Å²) < 4.78 is 0. The fraction of sp³-hybridized carbons (Fsp3) is 0.923. The maximum absolute atomic E-state index is 11.7. The molecule has 3 saturated carbocycles. The molecule has 3 aliphatic carbocycles. The van der Waals surface area contributed by atoms with Crippen molar-refractivity contribution in [3.8, 4) is 0 Å². The van der Waals surface area contributed by atoms with Gasteiger partial charge in [0.2, 0.25) is 5.91 Å². The molecule has 90 valence electrons. The first-order chi connectivity index (χ1) is 7.81. The Morgan fingerprint density at radius 2 is 1.94 bits per heavy atom. The van der Waals surface area contributed by atoms with E-state index < -0.39 is 0 Å². The first-order valence-electron chi connectivity index (χ1n) is 6.81. The van der Waals surface area contributed by atoms with Crippen LogP contribution in [0.3, 0.4) is 0 Å². The van der Waals surface area contributed by atoms with Crippen molar-refractivity contribution in [2.24, 2.45) is 23.7 Å².